The van der Waals surface area contributed by atoms with Gasteiger partial charge < -0.3 is 14.8 Å². The minimum Gasteiger partial charge on any atom is -0.478 e. The summed E-state index contributed by atoms with van der Waals surface area (Å²) in [6, 6.07) is 8.57. The number of anilines is 1. The summed E-state index contributed by atoms with van der Waals surface area (Å²) in [6.45, 7) is 1.97. The molecule has 7 heteroatoms. The first-order valence-electron chi connectivity index (χ1n) is 7.19. The van der Waals surface area contributed by atoms with Gasteiger partial charge in [-0.2, -0.15) is 0 Å². The van der Waals surface area contributed by atoms with E-state index in [1.807, 2.05) is 29.7 Å². The molecule has 3 rings (SSSR count). The lowest BCUT2D eigenvalue weighted by Crippen LogP contribution is -2.17. The number of nitrogens with one attached hydrogen (secondary N) is 1. The van der Waals surface area contributed by atoms with Gasteiger partial charge in [0.2, 0.25) is 5.91 Å². The molecule has 24 heavy (non-hydrogen) atoms. The smallest absolute Gasteiger partial charge is 0.337 e. The van der Waals surface area contributed by atoms with E-state index in [1.54, 1.807) is 18.3 Å². The van der Waals surface area contributed by atoms with Gasteiger partial charge in [-0.05, 0) is 42.8 Å². The molecule has 0 bridgehead atoms. The Morgan fingerprint density at radius 1 is 1.29 bits per heavy atom. The number of imidazole rings is 1. The maximum absolute atomic E-state index is 12.2. The third-order valence-corrected chi connectivity index (χ3v) is 3.99. The van der Waals surface area contributed by atoms with Crippen molar-refractivity contribution in [3.05, 3.63) is 64.0 Å². The third-order valence-electron chi connectivity index (χ3n) is 3.49. The van der Waals surface area contributed by atoms with Crippen LogP contribution >= 0.6 is 15.9 Å². The van der Waals surface area contributed by atoms with Crippen LogP contribution in [-0.4, -0.2) is 26.4 Å². The highest BCUT2D eigenvalue weighted by atomic mass is 79.9. The predicted molar refractivity (Wildman–Crippen MR) is 93.4 cm³/mol. The molecule has 1 aromatic carbocycles. The molecule has 0 spiro atoms. The van der Waals surface area contributed by atoms with E-state index in [0.29, 0.717) is 10.2 Å². The van der Waals surface area contributed by atoms with E-state index in [2.05, 4.69) is 26.2 Å². The molecule has 0 saturated carbocycles. The number of pyridine rings is 1. The number of rotatable bonds is 4. The van der Waals surface area contributed by atoms with E-state index >= 15 is 0 Å². The number of fused-ring (bicyclic) bond motifs is 1. The fraction of sp³-hybridized carbons (Fsp3) is 0.118. The Kier molecular flexibility index (Phi) is 4.35. The molecule has 2 N–H and O–H groups in total. The number of carbonyl (C=O) groups is 2. The first-order valence-corrected chi connectivity index (χ1v) is 7.98. The van der Waals surface area contributed by atoms with E-state index in [4.69, 9.17) is 0 Å². The van der Waals surface area contributed by atoms with Crippen LogP contribution < -0.4 is 5.32 Å². The lowest BCUT2D eigenvalue weighted by atomic mass is 10.1. The number of carboxylic acids is 1. The summed E-state index contributed by atoms with van der Waals surface area (Å²) in [4.78, 5) is 27.9. The molecule has 2 aromatic heterocycles. The van der Waals surface area contributed by atoms with Crippen molar-refractivity contribution in [2.24, 2.45) is 0 Å². The normalized spacial score (nSPS) is 10.8. The molecule has 122 valence electrons. The van der Waals surface area contributed by atoms with E-state index in [1.165, 1.54) is 6.07 Å². The topological polar surface area (TPSA) is 83.7 Å². The van der Waals surface area contributed by atoms with E-state index in [-0.39, 0.29) is 23.6 Å². The van der Waals surface area contributed by atoms with Gasteiger partial charge in [-0.1, -0.05) is 15.9 Å². The fourth-order valence-corrected chi connectivity index (χ4v) is 2.74. The lowest BCUT2D eigenvalue weighted by molar-refractivity contribution is -0.115. The third kappa shape index (κ3) is 3.46. The Balaban J connectivity index is 1.79. The number of benzene rings is 1. The predicted octanol–water partition coefficient (Wildman–Crippen LogP) is 3.28. The maximum Gasteiger partial charge on any atom is 0.337 e. The van der Waals surface area contributed by atoms with Crippen LogP contribution in [0.5, 0.6) is 0 Å². The molecular formula is C17H14BrN3O3. The van der Waals surface area contributed by atoms with Gasteiger partial charge in [0, 0.05) is 16.9 Å². The zero-order valence-electron chi connectivity index (χ0n) is 12.8. The number of amides is 1. The van der Waals surface area contributed by atoms with Gasteiger partial charge in [0.25, 0.3) is 0 Å². The Hall–Kier alpha value is -2.67. The molecule has 0 atom stereocenters. The summed E-state index contributed by atoms with van der Waals surface area (Å²) < 4.78 is 2.48. The number of hydrogen-bond acceptors (Lipinski definition) is 3. The van der Waals surface area contributed by atoms with Crippen LogP contribution in [0, 0.1) is 6.92 Å². The SMILES string of the molecule is Cc1ccn2cc(CC(=O)Nc3ccc(Br)cc3C(=O)O)nc2c1. The van der Waals surface area contributed by atoms with Crippen LogP contribution in [-0.2, 0) is 11.2 Å². The number of hydrogen-bond donors (Lipinski definition) is 2. The number of halogens is 1. The van der Waals surface area contributed by atoms with Crippen molar-refractivity contribution < 1.29 is 14.7 Å². The molecule has 0 aliphatic heterocycles. The Bertz CT molecular complexity index is 949. The van der Waals surface area contributed by atoms with Gasteiger partial charge in [0.15, 0.2) is 0 Å². The number of carboxylic acid groups (broad SMARTS) is 1. The van der Waals surface area contributed by atoms with Crippen LogP contribution in [0.3, 0.4) is 0 Å². The van der Waals surface area contributed by atoms with Gasteiger partial charge in [0.1, 0.15) is 5.65 Å². The van der Waals surface area contributed by atoms with Gasteiger partial charge in [-0.15, -0.1) is 0 Å². The second-order valence-electron chi connectivity index (χ2n) is 5.42. The van der Waals surface area contributed by atoms with Gasteiger partial charge in [-0.3, -0.25) is 4.79 Å². The van der Waals surface area contributed by atoms with E-state index in [0.717, 1.165) is 11.2 Å². The molecular weight excluding hydrogens is 374 g/mol. The average Bonchev–Trinajstić information content (AvgIpc) is 2.89. The highest BCUT2D eigenvalue weighted by Crippen LogP contribution is 2.21. The summed E-state index contributed by atoms with van der Waals surface area (Å²) in [5, 5.41) is 11.9. The standard InChI is InChI=1S/C17H14BrN3O3/c1-10-4-5-21-9-12(19-15(21)6-10)8-16(22)20-14-3-2-11(18)7-13(14)17(23)24/h2-7,9H,8H2,1H3,(H,20,22)(H,23,24). The zero-order chi connectivity index (χ0) is 17.3. The molecule has 0 saturated heterocycles. The van der Waals surface area contributed by atoms with Gasteiger partial charge in [0.05, 0.1) is 23.4 Å². The summed E-state index contributed by atoms with van der Waals surface area (Å²) in [5.41, 5.74) is 2.77. The first kappa shape index (κ1) is 16.2. The minimum absolute atomic E-state index is 0.0309. The van der Waals surface area contributed by atoms with Crippen LogP contribution in [0.2, 0.25) is 0 Å². The van der Waals surface area contributed by atoms with Crippen molar-refractivity contribution >= 4 is 39.1 Å². The van der Waals surface area contributed by atoms with Crippen molar-refractivity contribution in [2.45, 2.75) is 13.3 Å². The minimum atomic E-state index is -1.10. The molecule has 6 nitrogen and oxygen atoms in total. The lowest BCUT2D eigenvalue weighted by Gasteiger charge is -2.08. The molecule has 0 unspecified atom stereocenters. The van der Waals surface area contributed by atoms with Crippen molar-refractivity contribution in [3.63, 3.8) is 0 Å². The average molecular weight is 388 g/mol. The monoisotopic (exact) mass is 387 g/mol. The maximum atomic E-state index is 12.2. The van der Waals surface area contributed by atoms with Crippen molar-refractivity contribution in [3.8, 4) is 0 Å². The quantitative estimate of drug-likeness (QED) is 0.719. The second kappa shape index (κ2) is 6.45. The Labute approximate surface area is 146 Å². The zero-order valence-corrected chi connectivity index (χ0v) is 14.4. The van der Waals surface area contributed by atoms with Crippen molar-refractivity contribution in [1.29, 1.82) is 0 Å². The van der Waals surface area contributed by atoms with Crippen LogP contribution in [0.1, 0.15) is 21.6 Å². The molecule has 2 heterocycles. The highest BCUT2D eigenvalue weighted by molar-refractivity contribution is 9.10. The number of carbonyl (C=O) groups excluding carboxylic acids is 1. The van der Waals surface area contributed by atoms with Crippen LogP contribution in [0.25, 0.3) is 5.65 Å². The number of aromatic nitrogens is 2. The van der Waals surface area contributed by atoms with Gasteiger partial charge in [-0.25, -0.2) is 9.78 Å². The van der Waals surface area contributed by atoms with Crippen LogP contribution in [0.4, 0.5) is 5.69 Å². The first-order chi connectivity index (χ1) is 11.4. The van der Waals surface area contributed by atoms with Crippen LogP contribution in [0.15, 0.2) is 47.2 Å². The molecule has 3 aromatic rings. The molecule has 1 amide bonds. The van der Waals surface area contributed by atoms with Crippen molar-refractivity contribution in [2.75, 3.05) is 5.32 Å². The summed E-state index contributed by atoms with van der Waals surface area (Å²) in [6.07, 6.45) is 3.74. The molecule has 0 aliphatic rings. The molecule has 0 radical (unpaired) electrons. The van der Waals surface area contributed by atoms with Gasteiger partial charge >= 0.3 is 5.97 Å². The number of aromatic carboxylic acids is 1. The number of aryl methyl sites for hydroxylation is 1. The summed E-state index contributed by atoms with van der Waals surface area (Å²) >= 11 is 3.22. The van der Waals surface area contributed by atoms with E-state index in [9.17, 15) is 14.7 Å². The molecule has 0 fully saturated rings. The number of nitrogens with zero attached hydrogens (tertiary/aromatic N) is 2. The fourth-order valence-electron chi connectivity index (χ4n) is 2.38. The Morgan fingerprint density at radius 3 is 2.83 bits per heavy atom. The highest BCUT2D eigenvalue weighted by Gasteiger charge is 2.14. The summed E-state index contributed by atoms with van der Waals surface area (Å²) in [5.74, 6) is -1.42. The van der Waals surface area contributed by atoms with E-state index < -0.39 is 5.97 Å². The second-order valence-corrected chi connectivity index (χ2v) is 6.34. The Morgan fingerprint density at radius 2 is 2.08 bits per heavy atom. The largest absolute Gasteiger partial charge is 0.478 e. The van der Waals surface area contributed by atoms with Crippen molar-refractivity contribution in [1.82, 2.24) is 9.38 Å². The molecule has 0 aliphatic carbocycles. The summed E-state index contributed by atoms with van der Waals surface area (Å²) in [7, 11) is 0.